The third kappa shape index (κ3) is 4.43. The molecule has 3 unspecified atom stereocenters. The molecule has 1 rings (SSSR count). The maximum Gasteiger partial charge on any atom is 0.220 e. The number of carbonyl (C=O) groups is 1. The van der Waals surface area contributed by atoms with Gasteiger partial charge in [0.25, 0.3) is 0 Å². The summed E-state index contributed by atoms with van der Waals surface area (Å²) in [6.07, 6.45) is 7.08. The Hall–Kier alpha value is -0.220. The normalized spacial score (nSPS) is 27.7. The number of nitrogens with two attached hydrogens (primary N) is 1. The number of rotatable bonds is 5. The van der Waals surface area contributed by atoms with Crippen molar-refractivity contribution in [1.29, 1.82) is 0 Å². The van der Waals surface area contributed by atoms with Crippen LogP contribution in [0.3, 0.4) is 0 Å². The quantitative estimate of drug-likeness (QED) is 0.753. The minimum atomic E-state index is 0.121. The van der Waals surface area contributed by atoms with Crippen molar-refractivity contribution in [1.82, 2.24) is 5.32 Å². The highest BCUT2D eigenvalue weighted by Crippen LogP contribution is 2.28. The van der Waals surface area contributed by atoms with Crippen molar-refractivity contribution in [2.24, 2.45) is 5.73 Å². The van der Waals surface area contributed by atoms with Gasteiger partial charge in [0, 0.05) is 23.8 Å². The Morgan fingerprint density at radius 1 is 1.60 bits per heavy atom. The molecule has 88 valence electrons. The molecule has 0 aromatic rings. The van der Waals surface area contributed by atoms with E-state index >= 15 is 0 Å². The summed E-state index contributed by atoms with van der Waals surface area (Å²) in [5, 5.41) is 3.73. The van der Waals surface area contributed by atoms with Gasteiger partial charge in [-0.1, -0.05) is 6.42 Å². The van der Waals surface area contributed by atoms with Crippen LogP contribution in [-0.2, 0) is 4.79 Å². The number of hydrogen-bond acceptors (Lipinski definition) is 3. The van der Waals surface area contributed by atoms with Gasteiger partial charge in [-0.3, -0.25) is 4.79 Å². The predicted molar refractivity (Wildman–Crippen MR) is 66.0 cm³/mol. The fourth-order valence-corrected chi connectivity index (χ4v) is 2.95. The van der Waals surface area contributed by atoms with Crippen molar-refractivity contribution >= 4 is 17.7 Å². The van der Waals surface area contributed by atoms with Crippen LogP contribution in [0.1, 0.15) is 39.0 Å². The zero-order chi connectivity index (χ0) is 11.3. The molecule has 0 aromatic carbocycles. The first-order chi connectivity index (χ1) is 7.13. The van der Waals surface area contributed by atoms with E-state index in [4.69, 9.17) is 5.73 Å². The van der Waals surface area contributed by atoms with E-state index in [2.05, 4.69) is 11.6 Å². The van der Waals surface area contributed by atoms with E-state index in [9.17, 15) is 4.79 Å². The van der Waals surface area contributed by atoms with Gasteiger partial charge >= 0.3 is 0 Å². The molecule has 3 N–H and O–H groups in total. The first kappa shape index (κ1) is 12.8. The van der Waals surface area contributed by atoms with Crippen LogP contribution >= 0.6 is 11.8 Å². The maximum absolute atomic E-state index is 11.6. The van der Waals surface area contributed by atoms with Crippen molar-refractivity contribution in [2.75, 3.05) is 6.26 Å². The Kier molecular flexibility index (Phi) is 5.47. The molecule has 0 bridgehead atoms. The summed E-state index contributed by atoms with van der Waals surface area (Å²) in [5.74, 6) is 0.165. The van der Waals surface area contributed by atoms with E-state index in [1.165, 1.54) is 12.8 Å². The highest BCUT2D eigenvalue weighted by Gasteiger charge is 2.27. The van der Waals surface area contributed by atoms with Gasteiger partial charge in [0.15, 0.2) is 0 Å². The van der Waals surface area contributed by atoms with Gasteiger partial charge in [0.05, 0.1) is 0 Å². The number of nitrogens with one attached hydrogen (secondary N) is 1. The fourth-order valence-electron chi connectivity index (χ4n) is 2.01. The van der Waals surface area contributed by atoms with Crippen molar-refractivity contribution in [2.45, 2.75) is 56.4 Å². The van der Waals surface area contributed by atoms with Crippen LogP contribution in [0, 0.1) is 0 Å². The van der Waals surface area contributed by atoms with Gasteiger partial charge in [-0.05, 0) is 32.4 Å². The Morgan fingerprint density at radius 2 is 2.33 bits per heavy atom. The average Bonchev–Trinajstić information content (AvgIpc) is 2.62. The molecular formula is C11H22N2OS. The molecule has 0 aliphatic heterocycles. The van der Waals surface area contributed by atoms with E-state index in [0.29, 0.717) is 17.7 Å². The Labute approximate surface area is 96.6 Å². The molecule has 1 saturated carbocycles. The lowest BCUT2D eigenvalue weighted by Gasteiger charge is -2.19. The number of hydrogen-bond donors (Lipinski definition) is 2. The molecule has 1 aliphatic carbocycles. The van der Waals surface area contributed by atoms with E-state index in [-0.39, 0.29) is 11.9 Å². The molecule has 4 heteroatoms. The number of amides is 1. The zero-order valence-corrected chi connectivity index (χ0v) is 10.5. The van der Waals surface area contributed by atoms with Crippen LogP contribution in [0.15, 0.2) is 0 Å². The SMILES string of the molecule is CSC1CCCC1NC(=O)CCC(C)N. The highest BCUT2D eigenvalue weighted by atomic mass is 32.2. The largest absolute Gasteiger partial charge is 0.352 e. The van der Waals surface area contributed by atoms with Gasteiger partial charge in [-0.25, -0.2) is 0 Å². The minimum absolute atomic E-state index is 0.121. The van der Waals surface area contributed by atoms with Crippen LogP contribution in [0.5, 0.6) is 0 Å². The molecule has 0 spiro atoms. The lowest BCUT2D eigenvalue weighted by molar-refractivity contribution is -0.121. The molecule has 3 atom stereocenters. The van der Waals surface area contributed by atoms with E-state index < -0.39 is 0 Å². The third-order valence-electron chi connectivity index (χ3n) is 2.93. The first-order valence-corrected chi connectivity index (χ1v) is 7.00. The lowest BCUT2D eigenvalue weighted by Crippen LogP contribution is -2.39. The maximum atomic E-state index is 11.6. The number of carbonyl (C=O) groups excluding carboxylic acids is 1. The van der Waals surface area contributed by atoms with Gasteiger partial charge in [0.2, 0.25) is 5.91 Å². The van der Waals surface area contributed by atoms with E-state index in [1.807, 2.05) is 18.7 Å². The van der Waals surface area contributed by atoms with Crippen LogP contribution in [0.25, 0.3) is 0 Å². The molecule has 1 aliphatic rings. The summed E-state index contributed by atoms with van der Waals surface area (Å²) in [7, 11) is 0. The van der Waals surface area contributed by atoms with Crippen LogP contribution in [-0.4, -0.2) is 29.5 Å². The van der Waals surface area contributed by atoms with E-state index in [1.54, 1.807) is 0 Å². The predicted octanol–water partition coefficient (Wildman–Crippen LogP) is 1.51. The Balaban J connectivity index is 2.24. The molecule has 1 amide bonds. The summed E-state index contributed by atoms with van der Waals surface area (Å²) >= 11 is 1.87. The lowest BCUT2D eigenvalue weighted by atomic mass is 10.1. The molecule has 0 heterocycles. The minimum Gasteiger partial charge on any atom is -0.352 e. The fraction of sp³-hybridized carbons (Fsp3) is 0.909. The monoisotopic (exact) mass is 230 g/mol. The smallest absolute Gasteiger partial charge is 0.220 e. The van der Waals surface area contributed by atoms with Crippen molar-refractivity contribution in [3.05, 3.63) is 0 Å². The molecule has 0 saturated heterocycles. The molecule has 3 nitrogen and oxygen atoms in total. The Bertz CT molecular complexity index is 209. The second-order valence-corrected chi connectivity index (χ2v) is 5.47. The summed E-state index contributed by atoms with van der Waals surface area (Å²) in [5.41, 5.74) is 5.62. The first-order valence-electron chi connectivity index (χ1n) is 5.71. The van der Waals surface area contributed by atoms with Crippen LogP contribution in [0.2, 0.25) is 0 Å². The van der Waals surface area contributed by atoms with Gasteiger partial charge in [-0.15, -0.1) is 0 Å². The summed E-state index contributed by atoms with van der Waals surface area (Å²) in [6.45, 7) is 1.94. The summed E-state index contributed by atoms with van der Waals surface area (Å²) in [4.78, 5) is 11.6. The standard InChI is InChI=1S/C11H22N2OS/c1-8(12)6-7-11(14)13-9-4-3-5-10(9)15-2/h8-10H,3-7,12H2,1-2H3,(H,13,14). The highest BCUT2D eigenvalue weighted by molar-refractivity contribution is 7.99. The number of thioether (sulfide) groups is 1. The van der Waals surface area contributed by atoms with Crippen molar-refractivity contribution in [3.8, 4) is 0 Å². The topological polar surface area (TPSA) is 55.1 Å². The average molecular weight is 230 g/mol. The second kappa shape index (κ2) is 6.38. The molecule has 15 heavy (non-hydrogen) atoms. The van der Waals surface area contributed by atoms with Gasteiger partial charge in [-0.2, -0.15) is 11.8 Å². The molecule has 0 aromatic heterocycles. The van der Waals surface area contributed by atoms with Crippen LogP contribution in [0.4, 0.5) is 0 Å². The Morgan fingerprint density at radius 3 is 2.93 bits per heavy atom. The summed E-state index contributed by atoms with van der Waals surface area (Å²) in [6, 6.07) is 0.510. The van der Waals surface area contributed by atoms with Crippen molar-refractivity contribution in [3.63, 3.8) is 0 Å². The van der Waals surface area contributed by atoms with Gasteiger partial charge < -0.3 is 11.1 Å². The van der Waals surface area contributed by atoms with Crippen molar-refractivity contribution < 1.29 is 4.79 Å². The summed E-state index contributed by atoms with van der Waals surface area (Å²) < 4.78 is 0. The molecule has 0 radical (unpaired) electrons. The zero-order valence-electron chi connectivity index (χ0n) is 9.66. The van der Waals surface area contributed by atoms with Gasteiger partial charge in [0.1, 0.15) is 0 Å². The molecular weight excluding hydrogens is 208 g/mol. The molecule has 1 fully saturated rings. The van der Waals surface area contributed by atoms with E-state index in [0.717, 1.165) is 12.8 Å². The van der Waals surface area contributed by atoms with Crippen LogP contribution < -0.4 is 11.1 Å². The third-order valence-corrected chi connectivity index (χ3v) is 4.10. The second-order valence-electron chi connectivity index (χ2n) is 4.40.